The van der Waals surface area contributed by atoms with Crippen molar-refractivity contribution in [3.8, 4) is 0 Å². The van der Waals surface area contributed by atoms with Gasteiger partial charge in [-0.05, 0) is 54.4 Å². The summed E-state index contributed by atoms with van der Waals surface area (Å²) < 4.78 is 4.69. The molecule has 2 aromatic rings. The molecule has 1 heterocycles. The van der Waals surface area contributed by atoms with E-state index in [-0.39, 0.29) is 5.91 Å². The second kappa shape index (κ2) is 7.97. The molecule has 0 bridgehead atoms. The van der Waals surface area contributed by atoms with Crippen LogP contribution in [0, 0.1) is 0 Å². The molecule has 1 N–H and O–H groups in total. The molecule has 3 rings (SSSR count). The number of ether oxygens (including phenoxy) is 1. The highest BCUT2D eigenvalue weighted by atomic mass is 16.5. The number of hydrogen-bond acceptors (Lipinski definition) is 4. The quantitative estimate of drug-likeness (QED) is 0.680. The van der Waals surface area contributed by atoms with Gasteiger partial charge in [0.05, 0.1) is 12.7 Å². The molecule has 0 unspecified atom stereocenters. The number of methoxy groups -OCH3 is 1. The first-order chi connectivity index (χ1) is 12.5. The van der Waals surface area contributed by atoms with E-state index in [2.05, 4.69) is 34.1 Å². The van der Waals surface area contributed by atoms with Gasteiger partial charge < -0.3 is 15.0 Å². The van der Waals surface area contributed by atoms with Gasteiger partial charge in [-0.3, -0.25) is 4.79 Å². The van der Waals surface area contributed by atoms with Crippen LogP contribution in [0.25, 0.3) is 6.08 Å². The van der Waals surface area contributed by atoms with Crippen LogP contribution < -0.4 is 5.32 Å². The Labute approximate surface area is 153 Å². The first-order valence-corrected chi connectivity index (χ1v) is 8.53. The lowest BCUT2D eigenvalue weighted by molar-refractivity contribution is -0.111. The summed E-state index contributed by atoms with van der Waals surface area (Å²) in [7, 11) is 3.44. The highest BCUT2D eigenvalue weighted by molar-refractivity contribution is 6.02. The molecule has 0 aromatic heterocycles. The van der Waals surface area contributed by atoms with Gasteiger partial charge in [0.15, 0.2) is 0 Å². The van der Waals surface area contributed by atoms with Gasteiger partial charge in [-0.1, -0.05) is 24.3 Å². The number of anilines is 1. The predicted octanol–water partition coefficient (Wildman–Crippen LogP) is 3.11. The Morgan fingerprint density at radius 3 is 2.81 bits per heavy atom. The fourth-order valence-corrected chi connectivity index (χ4v) is 3.02. The smallest absolute Gasteiger partial charge is 0.337 e. The van der Waals surface area contributed by atoms with Gasteiger partial charge in [0.2, 0.25) is 5.91 Å². The molecule has 0 saturated heterocycles. The van der Waals surface area contributed by atoms with Crippen molar-refractivity contribution < 1.29 is 14.3 Å². The number of hydrogen-bond donors (Lipinski definition) is 1. The van der Waals surface area contributed by atoms with E-state index in [9.17, 15) is 9.59 Å². The Hall–Kier alpha value is -2.92. The summed E-state index contributed by atoms with van der Waals surface area (Å²) in [4.78, 5) is 26.0. The highest BCUT2D eigenvalue weighted by Gasteiger charge is 2.12. The van der Waals surface area contributed by atoms with Gasteiger partial charge in [0.1, 0.15) is 0 Å². The maximum atomic E-state index is 12.2. The molecule has 2 aromatic carbocycles. The summed E-state index contributed by atoms with van der Waals surface area (Å²) in [6.07, 6.45) is 4.36. The molecule has 1 aliphatic rings. The lowest BCUT2D eigenvalue weighted by Gasteiger charge is -2.25. The van der Waals surface area contributed by atoms with Gasteiger partial charge in [0.25, 0.3) is 0 Å². The van der Waals surface area contributed by atoms with E-state index < -0.39 is 5.97 Å². The van der Waals surface area contributed by atoms with E-state index in [1.54, 1.807) is 30.3 Å². The van der Waals surface area contributed by atoms with Gasteiger partial charge in [-0.2, -0.15) is 0 Å². The third kappa shape index (κ3) is 4.37. The Morgan fingerprint density at radius 1 is 1.15 bits per heavy atom. The fourth-order valence-electron chi connectivity index (χ4n) is 3.02. The fraction of sp³-hybridized carbons (Fsp3) is 0.238. The molecule has 0 saturated carbocycles. The lowest BCUT2D eigenvalue weighted by Crippen LogP contribution is -2.26. The summed E-state index contributed by atoms with van der Waals surface area (Å²) in [6, 6.07) is 13.0. The molecule has 0 atom stereocenters. The zero-order valence-electron chi connectivity index (χ0n) is 15.0. The summed E-state index contributed by atoms with van der Waals surface area (Å²) >= 11 is 0. The van der Waals surface area contributed by atoms with Crippen molar-refractivity contribution >= 4 is 23.6 Å². The molecular weight excluding hydrogens is 328 g/mol. The van der Waals surface area contributed by atoms with E-state index >= 15 is 0 Å². The van der Waals surface area contributed by atoms with Crippen LogP contribution in [0.4, 0.5) is 5.69 Å². The van der Waals surface area contributed by atoms with Gasteiger partial charge in [-0.25, -0.2) is 4.79 Å². The SMILES string of the molecule is COC(=O)c1cccc(NC(=O)C=Cc2ccc3c(c2)CN(C)CC3)c1. The number of carbonyl (C=O) groups excluding carboxylic acids is 2. The van der Waals surface area contributed by atoms with Crippen LogP contribution in [0.2, 0.25) is 0 Å². The molecule has 0 aliphatic carbocycles. The van der Waals surface area contributed by atoms with Crippen LogP contribution in [-0.4, -0.2) is 37.5 Å². The number of amides is 1. The summed E-state index contributed by atoms with van der Waals surface area (Å²) in [6.45, 7) is 2.01. The first kappa shape index (κ1) is 17.9. The van der Waals surface area contributed by atoms with E-state index in [0.29, 0.717) is 11.3 Å². The molecule has 1 amide bonds. The topological polar surface area (TPSA) is 58.6 Å². The van der Waals surface area contributed by atoms with Crippen LogP contribution in [0.1, 0.15) is 27.0 Å². The first-order valence-electron chi connectivity index (χ1n) is 8.53. The standard InChI is InChI=1S/C21H22N2O3/c1-23-11-10-16-8-6-15(12-18(16)14-23)7-9-20(24)22-19-5-3-4-17(13-19)21(25)26-2/h3-9,12-13H,10-11,14H2,1-2H3,(H,22,24). The van der Waals surface area contributed by atoms with Crippen molar-refractivity contribution in [2.24, 2.45) is 0 Å². The zero-order chi connectivity index (χ0) is 18.5. The number of benzene rings is 2. The largest absolute Gasteiger partial charge is 0.465 e. The van der Waals surface area contributed by atoms with E-state index in [1.807, 2.05) is 6.07 Å². The maximum absolute atomic E-state index is 12.2. The number of esters is 1. The third-order valence-corrected chi connectivity index (χ3v) is 4.41. The third-order valence-electron chi connectivity index (χ3n) is 4.41. The minimum absolute atomic E-state index is 0.248. The molecule has 26 heavy (non-hydrogen) atoms. The zero-order valence-corrected chi connectivity index (χ0v) is 15.0. The van der Waals surface area contributed by atoms with Crippen molar-refractivity contribution in [2.75, 3.05) is 26.0 Å². The van der Waals surface area contributed by atoms with Gasteiger partial charge in [-0.15, -0.1) is 0 Å². The maximum Gasteiger partial charge on any atom is 0.337 e. The summed E-state index contributed by atoms with van der Waals surface area (Å²) in [5.74, 6) is -0.683. The number of likely N-dealkylation sites (N-methyl/N-ethyl adjacent to an activating group) is 1. The molecule has 5 nitrogen and oxygen atoms in total. The van der Waals surface area contributed by atoms with Crippen molar-refractivity contribution in [3.05, 3.63) is 70.8 Å². The average molecular weight is 350 g/mol. The number of nitrogens with zero attached hydrogens (tertiary/aromatic N) is 1. The molecule has 5 heteroatoms. The molecule has 0 radical (unpaired) electrons. The summed E-state index contributed by atoms with van der Waals surface area (Å²) in [5, 5.41) is 2.76. The van der Waals surface area contributed by atoms with Crippen molar-refractivity contribution in [1.29, 1.82) is 0 Å². The van der Waals surface area contributed by atoms with Gasteiger partial charge >= 0.3 is 5.97 Å². The normalized spacial score (nSPS) is 14.1. The van der Waals surface area contributed by atoms with Crippen LogP contribution >= 0.6 is 0 Å². The van der Waals surface area contributed by atoms with Crippen LogP contribution in [0.3, 0.4) is 0 Å². The van der Waals surface area contributed by atoms with Crippen molar-refractivity contribution in [1.82, 2.24) is 4.90 Å². The summed E-state index contributed by atoms with van der Waals surface area (Å²) in [5.41, 5.74) is 4.64. The Kier molecular flexibility index (Phi) is 5.49. The van der Waals surface area contributed by atoms with Crippen molar-refractivity contribution in [3.63, 3.8) is 0 Å². The minimum atomic E-state index is -0.435. The second-order valence-electron chi connectivity index (χ2n) is 6.41. The average Bonchev–Trinajstić information content (AvgIpc) is 2.65. The van der Waals surface area contributed by atoms with E-state index in [4.69, 9.17) is 0 Å². The van der Waals surface area contributed by atoms with Crippen LogP contribution in [0.5, 0.6) is 0 Å². The van der Waals surface area contributed by atoms with Crippen LogP contribution in [0.15, 0.2) is 48.5 Å². The van der Waals surface area contributed by atoms with E-state index in [1.165, 1.54) is 24.3 Å². The van der Waals surface area contributed by atoms with Crippen LogP contribution in [-0.2, 0) is 22.5 Å². The monoisotopic (exact) mass is 350 g/mol. The molecule has 0 spiro atoms. The molecule has 134 valence electrons. The highest BCUT2D eigenvalue weighted by Crippen LogP contribution is 2.20. The minimum Gasteiger partial charge on any atom is -0.465 e. The van der Waals surface area contributed by atoms with Crippen molar-refractivity contribution in [2.45, 2.75) is 13.0 Å². The number of nitrogens with one attached hydrogen (secondary N) is 1. The Balaban J connectivity index is 1.67. The Morgan fingerprint density at radius 2 is 2.00 bits per heavy atom. The number of rotatable bonds is 4. The number of carbonyl (C=O) groups is 2. The van der Waals surface area contributed by atoms with E-state index in [0.717, 1.165) is 25.1 Å². The Bertz CT molecular complexity index is 858. The predicted molar refractivity (Wildman–Crippen MR) is 102 cm³/mol. The molecule has 0 fully saturated rings. The number of fused-ring (bicyclic) bond motifs is 1. The van der Waals surface area contributed by atoms with Gasteiger partial charge in [0, 0.05) is 24.9 Å². The second-order valence-corrected chi connectivity index (χ2v) is 6.41. The molecular formula is C21H22N2O3. The lowest BCUT2D eigenvalue weighted by atomic mass is 9.97. The molecule has 1 aliphatic heterocycles.